The maximum atomic E-state index is 10.0. The Hall–Kier alpha value is 0.830. The molecule has 0 atom stereocenters. The minimum Gasteiger partial charge on any atom is -1.00 e. The van der Waals surface area contributed by atoms with Crippen LogP contribution in [0.25, 0.3) is 0 Å². The van der Waals surface area contributed by atoms with Gasteiger partial charge in [0.05, 0.1) is 6.61 Å². The van der Waals surface area contributed by atoms with Crippen LogP contribution in [0.15, 0.2) is 0 Å². The second-order valence-corrected chi connectivity index (χ2v) is 2.16. The molecular weight excluding hydrogens is 157 g/mol. The normalized spacial score (nSPS) is 10.4. The number of hydrogen-bond acceptors (Lipinski definition) is 5. The molecule has 0 aromatic heterocycles. The first kappa shape index (κ1) is 12.5. The van der Waals surface area contributed by atoms with E-state index in [0.717, 1.165) is 0 Å². The van der Waals surface area contributed by atoms with Crippen LogP contribution in [0.2, 0.25) is 0 Å². The Kier molecular flexibility index (Phi) is 7.78. The van der Waals surface area contributed by atoms with Gasteiger partial charge in [-0.05, 0) is 6.92 Å². The van der Waals surface area contributed by atoms with Gasteiger partial charge in [0, 0.05) is 0 Å². The Morgan fingerprint density at radius 2 is 2.11 bits per heavy atom. The third-order valence-electron chi connectivity index (χ3n) is 0.380. The predicted molar refractivity (Wildman–Crippen MR) is 26.9 cm³/mol. The number of rotatable bonds is 3. The van der Waals surface area contributed by atoms with Crippen LogP contribution in [-0.2, 0) is 18.9 Å². The van der Waals surface area contributed by atoms with E-state index in [0.29, 0.717) is 0 Å². The van der Waals surface area contributed by atoms with Crippen LogP contribution in [0.5, 0.6) is 0 Å². The van der Waals surface area contributed by atoms with Gasteiger partial charge < -0.3 is 1.43 Å². The minimum atomic E-state index is -3.89. The summed E-state index contributed by atoms with van der Waals surface area (Å²) in [7, 11) is -3.89. The van der Waals surface area contributed by atoms with Crippen LogP contribution in [-0.4, -0.2) is 15.0 Å². The summed E-state index contributed by atoms with van der Waals surface area (Å²) in [5.41, 5.74) is 0. The van der Waals surface area contributed by atoms with Crippen LogP contribution in [0.1, 0.15) is 8.35 Å². The molecule has 0 bridgehead atoms. The third kappa shape index (κ3) is 6.72. The molecule has 9 heavy (non-hydrogen) atoms. The predicted octanol–water partition coefficient (Wildman–Crippen LogP) is -3.73. The fraction of sp³-hybridized carbons (Fsp3) is 1.00. The second kappa shape index (κ2) is 5.60. The first-order chi connectivity index (χ1) is 3.62. The average Bonchev–Trinajstić information content (AvgIpc) is 1.67. The van der Waals surface area contributed by atoms with Crippen molar-refractivity contribution >= 4 is 10.4 Å². The molecule has 0 rings (SSSR count). The van der Waals surface area contributed by atoms with E-state index in [9.17, 15) is 8.42 Å². The van der Waals surface area contributed by atoms with Gasteiger partial charge in [-0.1, -0.05) is 0 Å². The molecule has 0 saturated carbocycles. The second-order valence-electron chi connectivity index (χ2n) is 0.911. The van der Waals surface area contributed by atoms with E-state index >= 15 is 0 Å². The van der Waals surface area contributed by atoms with E-state index in [1.54, 1.807) is 0 Å². The van der Waals surface area contributed by atoms with Crippen molar-refractivity contribution in [2.75, 3.05) is 6.61 Å². The molecule has 0 saturated heterocycles. The van der Waals surface area contributed by atoms with Crippen LogP contribution in [0, 0.1) is 0 Å². The molecule has 0 aliphatic carbocycles. The van der Waals surface area contributed by atoms with Crippen molar-refractivity contribution in [3.8, 4) is 0 Å². The topological polar surface area (TPSA) is 78.6 Å². The quantitative estimate of drug-likeness (QED) is 0.343. The summed E-state index contributed by atoms with van der Waals surface area (Å²) < 4.78 is 27.5. The Morgan fingerprint density at radius 1 is 1.67 bits per heavy atom. The van der Waals surface area contributed by atoms with Crippen LogP contribution in [0.4, 0.5) is 0 Å². The van der Waals surface area contributed by atoms with Crippen molar-refractivity contribution in [1.29, 1.82) is 0 Å². The molecule has 0 aromatic carbocycles. The van der Waals surface area contributed by atoms with Crippen molar-refractivity contribution < 1.29 is 47.9 Å². The van der Waals surface area contributed by atoms with E-state index in [2.05, 4.69) is 14.4 Å². The molecule has 0 heterocycles. The van der Waals surface area contributed by atoms with E-state index in [4.69, 9.17) is 0 Å². The largest absolute Gasteiger partial charge is 1.00 e. The first-order valence-corrected chi connectivity index (χ1v) is 3.23. The fourth-order valence-electron chi connectivity index (χ4n) is 0.172. The van der Waals surface area contributed by atoms with Gasteiger partial charge in [0.2, 0.25) is 0 Å². The summed E-state index contributed by atoms with van der Waals surface area (Å²) in [5, 5.41) is 0. The molecule has 0 aliphatic heterocycles. The molecule has 0 aromatic rings. The van der Waals surface area contributed by atoms with Gasteiger partial charge in [0.25, 0.3) is 0 Å². The first-order valence-electron chi connectivity index (χ1n) is 1.90. The van der Waals surface area contributed by atoms with Gasteiger partial charge in [0.15, 0.2) is 0 Å². The van der Waals surface area contributed by atoms with Crippen molar-refractivity contribution in [2.24, 2.45) is 5.90 Å². The Labute approximate surface area is 77.6 Å². The SMILES string of the molecule is CCOS(=O)(=O)ON.[H-].[Na+]. The van der Waals surface area contributed by atoms with Crippen LogP contribution < -0.4 is 35.5 Å². The zero-order valence-corrected chi connectivity index (χ0v) is 8.14. The molecule has 0 radical (unpaired) electrons. The summed E-state index contributed by atoms with van der Waals surface area (Å²) in [6.45, 7) is 1.54. The standard InChI is InChI=1S/C2H7NO4S.Na.H/c1-2-6-8(4,5)7-3;;/h2-3H2,1H3;;/q;+1;-1. The van der Waals surface area contributed by atoms with Crippen molar-refractivity contribution in [2.45, 2.75) is 6.92 Å². The number of hydrogen-bond donors (Lipinski definition) is 1. The molecule has 7 heteroatoms. The van der Waals surface area contributed by atoms with E-state index in [-0.39, 0.29) is 37.6 Å². The van der Waals surface area contributed by atoms with Gasteiger partial charge >= 0.3 is 40.0 Å². The molecular formula is C2H8NNaO4S. The monoisotopic (exact) mass is 165 g/mol. The maximum Gasteiger partial charge on any atom is 1.00 e. The van der Waals surface area contributed by atoms with Gasteiger partial charge in [0.1, 0.15) is 0 Å². The third-order valence-corrected chi connectivity index (χ3v) is 1.14. The van der Waals surface area contributed by atoms with Crippen molar-refractivity contribution in [1.82, 2.24) is 0 Å². The molecule has 0 fully saturated rings. The van der Waals surface area contributed by atoms with E-state index in [1.165, 1.54) is 6.92 Å². The Balaban J connectivity index is -0.000000245. The summed E-state index contributed by atoms with van der Waals surface area (Å²) in [6, 6.07) is 0. The summed E-state index contributed by atoms with van der Waals surface area (Å²) >= 11 is 0. The summed E-state index contributed by atoms with van der Waals surface area (Å²) in [5.74, 6) is 4.28. The molecule has 2 N–H and O–H groups in total. The van der Waals surface area contributed by atoms with Crippen molar-refractivity contribution in [3.05, 3.63) is 0 Å². The van der Waals surface area contributed by atoms with Crippen LogP contribution >= 0.6 is 0 Å². The van der Waals surface area contributed by atoms with Gasteiger partial charge in [-0.15, -0.1) is 0 Å². The molecule has 0 unspecified atom stereocenters. The Morgan fingerprint density at radius 3 is 2.22 bits per heavy atom. The Bertz CT molecular complexity index is 147. The summed E-state index contributed by atoms with van der Waals surface area (Å²) in [6.07, 6.45) is 0. The minimum absolute atomic E-state index is 0. The number of nitrogens with two attached hydrogens (primary N) is 1. The van der Waals surface area contributed by atoms with E-state index < -0.39 is 10.4 Å². The molecule has 5 nitrogen and oxygen atoms in total. The van der Waals surface area contributed by atoms with Crippen LogP contribution in [0.3, 0.4) is 0 Å². The molecule has 0 spiro atoms. The summed E-state index contributed by atoms with van der Waals surface area (Å²) in [4.78, 5) is 0. The maximum absolute atomic E-state index is 10.0. The van der Waals surface area contributed by atoms with Crippen molar-refractivity contribution in [3.63, 3.8) is 0 Å². The zero-order valence-electron chi connectivity index (χ0n) is 6.33. The molecule has 0 amide bonds. The molecule has 52 valence electrons. The average molecular weight is 165 g/mol. The fourth-order valence-corrected chi connectivity index (χ4v) is 0.516. The van der Waals surface area contributed by atoms with Gasteiger partial charge in [-0.3, -0.25) is 0 Å². The zero-order chi connectivity index (χ0) is 6.62. The van der Waals surface area contributed by atoms with E-state index in [1.807, 2.05) is 0 Å². The smallest absolute Gasteiger partial charge is 1.00 e. The van der Waals surface area contributed by atoms with Gasteiger partial charge in [-0.2, -0.15) is 18.6 Å². The molecule has 0 aliphatic rings. The van der Waals surface area contributed by atoms with Gasteiger partial charge in [-0.25, -0.2) is 4.18 Å².